The number of carbonyl (C=O) groups is 2. The summed E-state index contributed by atoms with van der Waals surface area (Å²) in [5, 5.41) is 13.7. The van der Waals surface area contributed by atoms with E-state index in [1.54, 1.807) is 24.5 Å². The zero-order chi connectivity index (χ0) is 24.7. The topological polar surface area (TPSA) is 91.3 Å². The van der Waals surface area contributed by atoms with E-state index in [1.807, 2.05) is 12.1 Å². The molecule has 0 spiro atoms. The predicted molar refractivity (Wildman–Crippen MR) is 121 cm³/mol. The van der Waals surface area contributed by atoms with E-state index in [2.05, 4.69) is 58.9 Å². The number of anilines is 1. The van der Waals surface area contributed by atoms with Gasteiger partial charge >= 0.3 is 12.1 Å². The molecule has 0 fully saturated rings. The second-order valence-corrected chi connectivity index (χ2v) is 7.89. The van der Waals surface area contributed by atoms with Crippen LogP contribution in [0.5, 0.6) is 0 Å². The molecule has 4 rings (SSSR count). The van der Waals surface area contributed by atoms with Crippen LogP contribution in [0, 0.1) is 0 Å². The summed E-state index contributed by atoms with van der Waals surface area (Å²) in [7, 11) is 0. The molecule has 1 amide bonds. The number of nitrogens with zero attached hydrogens (tertiary/aromatic N) is 1. The molecule has 2 atom stereocenters. The summed E-state index contributed by atoms with van der Waals surface area (Å²) in [6, 6.07) is 20.5. The highest BCUT2D eigenvalue weighted by molar-refractivity contribution is 6.04. The molecule has 1 aromatic heterocycles. The first kappa shape index (κ1) is 24.9. The minimum Gasteiger partial charge on any atom is -0.475 e. The molecule has 178 valence electrons. The summed E-state index contributed by atoms with van der Waals surface area (Å²) >= 11 is 0. The Bertz CT molecular complexity index is 1120. The molecule has 2 aromatic carbocycles. The number of alkyl halides is 3. The van der Waals surface area contributed by atoms with Crippen LogP contribution in [-0.2, 0) is 11.3 Å². The number of carboxylic acids is 1. The second kappa shape index (κ2) is 10.9. The van der Waals surface area contributed by atoms with Crippen LogP contribution in [0.15, 0.2) is 73.1 Å². The lowest BCUT2D eigenvalue weighted by molar-refractivity contribution is -0.192. The SMILES string of the molecule is CC1CC(NCc2ccc(NC(=O)c3ccncc3)cc2)c2ccccc21.O=C(O)C(F)(F)F. The van der Waals surface area contributed by atoms with E-state index in [9.17, 15) is 18.0 Å². The summed E-state index contributed by atoms with van der Waals surface area (Å²) in [5.41, 5.74) is 5.48. The van der Waals surface area contributed by atoms with Gasteiger partial charge in [-0.15, -0.1) is 0 Å². The molecule has 0 radical (unpaired) electrons. The molecule has 0 aliphatic heterocycles. The smallest absolute Gasteiger partial charge is 0.475 e. The molecule has 0 saturated carbocycles. The van der Waals surface area contributed by atoms with Gasteiger partial charge in [0.2, 0.25) is 0 Å². The molecule has 0 bridgehead atoms. The second-order valence-electron chi connectivity index (χ2n) is 7.89. The van der Waals surface area contributed by atoms with Crippen molar-refractivity contribution in [1.29, 1.82) is 0 Å². The van der Waals surface area contributed by atoms with Crippen molar-refractivity contribution in [2.45, 2.75) is 38.0 Å². The van der Waals surface area contributed by atoms with Crippen molar-refractivity contribution in [2.75, 3.05) is 5.32 Å². The number of rotatable bonds is 5. The third-order valence-corrected chi connectivity index (χ3v) is 5.44. The van der Waals surface area contributed by atoms with E-state index in [0.29, 0.717) is 17.5 Å². The lowest BCUT2D eigenvalue weighted by Crippen LogP contribution is -2.21. The monoisotopic (exact) mass is 471 g/mol. The van der Waals surface area contributed by atoms with Crippen molar-refractivity contribution in [2.24, 2.45) is 0 Å². The Morgan fingerprint density at radius 1 is 1.00 bits per heavy atom. The Kier molecular flexibility index (Phi) is 8.01. The number of pyridine rings is 1. The van der Waals surface area contributed by atoms with Crippen LogP contribution in [0.25, 0.3) is 0 Å². The van der Waals surface area contributed by atoms with Gasteiger partial charge < -0.3 is 15.7 Å². The molecule has 34 heavy (non-hydrogen) atoms. The van der Waals surface area contributed by atoms with Gasteiger partial charge in [0.25, 0.3) is 5.91 Å². The number of hydrogen-bond acceptors (Lipinski definition) is 4. The molecule has 1 aliphatic rings. The molecule has 2 unspecified atom stereocenters. The Labute approximate surface area is 194 Å². The highest BCUT2D eigenvalue weighted by atomic mass is 19.4. The maximum atomic E-state index is 12.2. The zero-order valence-electron chi connectivity index (χ0n) is 18.3. The van der Waals surface area contributed by atoms with Gasteiger partial charge in [0.05, 0.1) is 0 Å². The molecule has 1 heterocycles. The molecule has 1 aliphatic carbocycles. The fourth-order valence-corrected chi connectivity index (χ4v) is 3.73. The summed E-state index contributed by atoms with van der Waals surface area (Å²) < 4.78 is 31.7. The average molecular weight is 471 g/mol. The van der Waals surface area contributed by atoms with E-state index in [1.165, 1.54) is 16.7 Å². The van der Waals surface area contributed by atoms with Crippen molar-refractivity contribution in [3.8, 4) is 0 Å². The number of amides is 1. The number of aliphatic carboxylic acids is 1. The highest BCUT2D eigenvalue weighted by Gasteiger charge is 2.38. The van der Waals surface area contributed by atoms with E-state index in [0.717, 1.165) is 18.7 Å². The van der Waals surface area contributed by atoms with Crippen LogP contribution in [0.2, 0.25) is 0 Å². The van der Waals surface area contributed by atoms with Gasteiger partial charge in [0.15, 0.2) is 0 Å². The zero-order valence-corrected chi connectivity index (χ0v) is 18.3. The summed E-state index contributed by atoms with van der Waals surface area (Å²) in [4.78, 5) is 25.0. The van der Waals surface area contributed by atoms with Gasteiger partial charge in [-0.25, -0.2) is 4.79 Å². The fourth-order valence-electron chi connectivity index (χ4n) is 3.73. The fraction of sp³-hybridized carbons (Fsp3) is 0.240. The maximum Gasteiger partial charge on any atom is 0.490 e. The summed E-state index contributed by atoms with van der Waals surface area (Å²) in [6.45, 7) is 3.10. The minimum absolute atomic E-state index is 0.125. The quantitative estimate of drug-likeness (QED) is 0.469. The molecule has 3 aromatic rings. The number of nitrogens with one attached hydrogen (secondary N) is 2. The van der Waals surface area contributed by atoms with Gasteiger partial charge in [-0.05, 0) is 53.3 Å². The van der Waals surface area contributed by atoms with Crippen molar-refractivity contribution in [1.82, 2.24) is 10.3 Å². The van der Waals surface area contributed by atoms with Crippen LogP contribution in [-0.4, -0.2) is 28.1 Å². The number of halogens is 3. The summed E-state index contributed by atoms with van der Waals surface area (Å²) in [6.07, 6.45) is -0.711. The maximum absolute atomic E-state index is 12.2. The van der Waals surface area contributed by atoms with Crippen LogP contribution in [0.1, 0.15) is 52.4 Å². The van der Waals surface area contributed by atoms with Crippen LogP contribution < -0.4 is 10.6 Å². The lowest BCUT2D eigenvalue weighted by Gasteiger charge is -2.14. The third-order valence-electron chi connectivity index (χ3n) is 5.44. The van der Waals surface area contributed by atoms with Crippen molar-refractivity contribution in [3.05, 3.63) is 95.3 Å². The van der Waals surface area contributed by atoms with Gasteiger partial charge in [0, 0.05) is 36.2 Å². The first-order valence-corrected chi connectivity index (χ1v) is 10.6. The Balaban J connectivity index is 0.000000406. The standard InChI is InChI=1S/C23H23N3O.C2HF3O2/c1-16-14-22(21-5-3-2-4-20(16)21)25-15-17-6-8-19(9-7-17)26-23(27)18-10-12-24-13-11-18;3-2(4,5)1(6)7/h2-13,16,22,25H,14-15H2,1H3,(H,26,27);(H,6,7). The number of carbonyl (C=O) groups excluding carboxylic acids is 1. The largest absolute Gasteiger partial charge is 0.490 e. The molecule has 3 N–H and O–H groups in total. The van der Waals surface area contributed by atoms with E-state index in [4.69, 9.17) is 9.90 Å². The summed E-state index contributed by atoms with van der Waals surface area (Å²) in [5.74, 6) is -2.28. The third kappa shape index (κ3) is 6.64. The highest BCUT2D eigenvalue weighted by Crippen LogP contribution is 2.39. The van der Waals surface area contributed by atoms with Crippen LogP contribution in [0.3, 0.4) is 0 Å². The van der Waals surface area contributed by atoms with Crippen molar-refractivity contribution in [3.63, 3.8) is 0 Å². The molecule has 0 saturated heterocycles. The van der Waals surface area contributed by atoms with Gasteiger partial charge in [-0.2, -0.15) is 13.2 Å². The van der Waals surface area contributed by atoms with Crippen LogP contribution in [0.4, 0.5) is 18.9 Å². The predicted octanol–water partition coefficient (Wildman–Crippen LogP) is 5.31. The minimum atomic E-state index is -5.08. The van der Waals surface area contributed by atoms with Crippen molar-refractivity contribution >= 4 is 17.6 Å². The Hall–Kier alpha value is -3.72. The van der Waals surface area contributed by atoms with Gasteiger partial charge in [0.1, 0.15) is 0 Å². The normalized spacial score (nSPS) is 16.7. The lowest BCUT2D eigenvalue weighted by atomic mass is 10.0. The van der Waals surface area contributed by atoms with E-state index in [-0.39, 0.29) is 5.91 Å². The van der Waals surface area contributed by atoms with E-state index >= 15 is 0 Å². The van der Waals surface area contributed by atoms with E-state index < -0.39 is 12.1 Å². The number of carboxylic acid groups (broad SMARTS) is 1. The number of fused-ring (bicyclic) bond motifs is 1. The number of benzene rings is 2. The first-order chi connectivity index (χ1) is 16.1. The number of hydrogen-bond donors (Lipinski definition) is 3. The van der Waals surface area contributed by atoms with Gasteiger partial charge in [-0.1, -0.05) is 43.3 Å². The number of aromatic nitrogens is 1. The first-order valence-electron chi connectivity index (χ1n) is 10.6. The molecule has 9 heteroatoms. The van der Waals surface area contributed by atoms with Gasteiger partial charge in [-0.3, -0.25) is 9.78 Å². The molecular weight excluding hydrogens is 447 g/mol. The Morgan fingerprint density at radius 2 is 1.59 bits per heavy atom. The van der Waals surface area contributed by atoms with Crippen molar-refractivity contribution < 1.29 is 27.9 Å². The molecular formula is C25H24F3N3O3. The van der Waals surface area contributed by atoms with Crippen LogP contribution >= 0.6 is 0 Å². The Morgan fingerprint density at radius 3 is 2.18 bits per heavy atom. The average Bonchev–Trinajstić information content (AvgIpc) is 3.15. The molecule has 6 nitrogen and oxygen atoms in total.